The van der Waals surface area contributed by atoms with E-state index in [1.54, 1.807) is 6.07 Å². The van der Waals surface area contributed by atoms with E-state index in [1.165, 1.54) is 12.3 Å². The molecule has 0 aromatic carbocycles. The van der Waals surface area contributed by atoms with Crippen molar-refractivity contribution in [2.24, 2.45) is 11.7 Å². The van der Waals surface area contributed by atoms with Gasteiger partial charge in [-0.15, -0.1) is 0 Å². The Morgan fingerprint density at radius 2 is 2.15 bits per heavy atom. The van der Waals surface area contributed by atoms with Crippen LogP contribution >= 0.6 is 12.2 Å². The molecule has 5 nitrogen and oxygen atoms in total. The van der Waals surface area contributed by atoms with Crippen LogP contribution in [0.5, 0.6) is 0 Å². The zero-order valence-corrected chi connectivity index (χ0v) is 12.3. The van der Waals surface area contributed by atoms with E-state index in [0.717, 1.165) is 25.7 Å². The molecule has 6 heteroatoms. The molecule has 1 amide bonds. The maximum atomic E-state index is 12.3. The second kappa shape index (κ2) is 5.75. The molecular weight excluding hydrogens is 274 g/mol. The number of H-pyrrole nitrogens is 1. The zero-order valence-electron chi connectivity index (χ0n) is 11.4. The molecule has 0 aliphatic heterocycles. The van der Waals surface area contributed by atoms with Crippen LogP contribution < -0.4 is 16.6 Å². The van der Waals surface area contributed by atoms with E-state index in [-0.39, 0.29) is 11.5 Å². The average Bonchev–Trinajstić information content (AvgIpc) is 2.41. The van der Waals surface area contributed by atoms with Gasteiger partial charge in [0.15, 0.2) is 0 Å². The van der Waals surface area contributed by atoms with Gasteiger partial charge >= 0.3 is 0 Å². The van der Waals surface area contributed by atoms with Gasteiger partial charge in [-0.05, 0) is 37.7 Å². The first-order chi connectivity index (χ1) is 9.43. The summed E-state index contributed by atoms with van der Waals surface area (Å²) in [6, 6.07) is 2.84. The van der Waals surface area contributed by atoms with Crippen molar-refractivity contribution in [1.82, 2.24) is 10.3 Å². The van der Waals surface area contributed by atoms with Gasteiger partial charge in [0.1, 0.15) is 0 Å². The molecule has 1 aliphatic carbocycles. The number of nitrogens with two attached hydrogens (primary N) is 1. The third-order valence-corrected chi connectivity index (χ3v) is 4.38. The fourth-order valence-electron chi connectivity index (χ4n) is 2.56. The molecule has 0 spiro atoms. The van der Waals surface area contributed by atoms with Crippen molar-refractivity contribution < 1.29 is 4.79 Å². The lowest BCUT2D eigenvalue weighted by Gasteiger charge is -2.39. The van der Waals surface area contributed by atoms with Crippen molar-refractivity contribution in [2.45, 2.75) is 38.1 Å². The Hall–Kier alpha value is -1.69. The smallest absolute Gasteiger partial charge is 0.252 e. The average molecular weight is 293 g/mol. The van der Waals surface area contributed by atoms with E-state index in [1.807, 2.05) is 0 Å². The van der Waals surface area contributed by atoms with E-state index in [2.05, 4.69) is 17.2 Å². The molecular formula is C14H19N3O2S. The Kier molecular flexibility index (Phi) is 4.23. The van der Waals surface area contributed by atoms with E-state index < -0.39 is 5.54 Å². The molecule has 0 radical (unpaired) electrons. The van der Waals surface area contributed by atoms with Crippen LogP contribution in [0, 0.1) is 5.92 Å². The second-order valence-electron chi connectivity index (χ2n) is 5.52. The number of amides is 1. The van der Waals surface area contributed by atoms with Crippen molar-refractivity contribution in [3.63, 3.8) is 0 Å². The van der Waals surface area contributed by atoms with Crippen molar-refractivity contribution >= 4 is 23.1 Å². The van der Waals surface area contributed by atoms with Gasteiger partial charge in [-0.1, -0.05) is 19.1 Å². The standard InChI is InChI=1S/C14H19N3O2S/c1-9-2-5-14(6-3-9,13(15)20)17-12(19)10-4-7-16-11(18)8-10/h4,7-9H,2-3,5-6H2,1H3,(H2,15,20)(H,16,18)(H,17,19). The summed E-state index contributed by atoms with van der Waals surface area (Å²) in [6.07, 6.45) is 4.91. The SMILES string of the molecule is CC1CCC(NC(=O)c2cc[nH]c(=O)c2)(C(N)=S)CC1. The molecule has 0 bridgehead atoms. The van der Waals surface area contributed by atoms with Crippen LogP contribution in [0.15, 0.2) is 23.1 Å². The lowest BCUT2D eigenvalue weighted by Crippen LogP contribution is -2.58. The van der Waals surface area contributed by atoms with Crippen molar-refractivity contribution in [3.8, 4) is 0 Å². The summed E-state index contributed by atoms with van der Waals surface area (Å²) in [7, 11) is 0. The van der Waals surface area contributed by atoms with Gasteiger partial charge in [0.2, 0.25) is 5.56 Å². The van der Waals surface area contributed by atoms with Crippen LogP contribution in [0.4, 0.5) is 0 Å². The summed E-state index contributed by atoms with van der Waals surface area (Å²) in [6.45, 7) is 2.18. The number of aromatic nitrogens is 1. The van der Waals surface area contributed by atoms with Gasteiger partial charge in [0.25, 0.3) is 5.91 Å². The predicted molar refractivity (Wildman–Crippen MR) is 81.7 cm³/mol. The number of aromatic amines is 1. The van der Waals surface area contributed by atoms with Crippen LogP contribution in [0.2, 0.25) is 0 Å². The summed E-state index contributed by atoms with van der Waals surface area (Å²) < 4.78 is 0. The number of hydrogen-bond donors (Lipinski definition) is 3. The number of rotatable bonds is 3. The molecule has 2 rings (SSSR count). The molecule has 0 saturated heterocycles. The third kappa shape index (κ3) is 3.07. The summed E-state index contributed by atoms with van der Waals surface area (Å²) in [5.41, 5.74) is 5.25. The molecule has 1 aliphatic rings. The molecule has 1 saturated carbocycles. The highest BCUT2D eigenvalue weighted by Crippen LogP contribution is 2.32. The number of hydrogen-bond acceptors (Lipinski definition) is 3. The maximum Gasteiger partial charge on any atom is 0.252 e. The first kappa shape index (κ1) is 14.7. The molecule has 4 N–H and O–H groups in total. The van der Waals surface area contributed by atoms with Crippen LogP contribution in [0.25, 0.3) is 0 Å². The maximum absolute atomic E-state index is 12.3. The normalized spacial score (nSPS) is 25.9. The largest absolute Gasteiger partial charge is 0.391 e. The summed E-state index contributed by atoms with van der Waals surface area (Å²) >= 11 is 5.16. The minimum absolute atomic E-state index is 0.306. The van der Waals surface area contributed by atoms with Crippen molar-refractivity contribution in [3.05, 3.63) is 34.2 Å². The van der Waals surface area contributed by atoms with Gasteiger partial charge in [-0.25, -0.2) is 0 Å². The summed E-state index contributed by atoms with van der Waals surface area (Å²) in [4.78, 5) is 26.3. The Morgan fingerprint density at radius 1 is 1.50 bits per heavy atom. The number of carbonyl (C=O) groups excluding carboxylic acids is 1. The molecule has 20 heavy (non-hydrogen) atoms. The molecule has 1 aromatic heterocycles. The van der Waals surface area contributed by atoms with Crippen LogP contribution in [-0.4, -0.2) is 21.4 Å². The third-order valence-electron chi connectivity index (χ3n) is 3.99. The highest BCUT2D eigenvalue weighted by Gasteiger charge is 2.38. The molecule has 1 fully saturated rings. The lowest BCUT2D eigenvalue weighted by molar-refractivity contribution is 0.0900. The zero-order chi connectivity index (χ0) is 14.8. The molecule has 1 aromatic rings. The van der Waals surface area contributed by atoms with E-state index in [4.69, 9.17) is 18.0 Å². The molecule has 1 heterocycles. The van der Waals surface area contributed by atoms with Gasteiger partial charge in [0.05, 0.1) is 10.5 Å². The molecule has 0 atom stereocenters. The quantitative estimate of drug-likeness (QED) is 0.734. The van der Waals surface area contributed by atoms with Crippen molar-refractivity contribution in [1.29, 1.82) is 0 Å². The van der Waals surface area contributed by atoms with Gasteiger partial charge < -0.3 is 16.0 Å². The second-order valence-corrected chi connectivity index (χ2v) is 5.96. The number of thiocarbonyl (C=S) groups is 1. The van der Waals surface area contributed by atoms with Crippen LogP contribution in [-0.2, 0) is 0 Å². The molecule has 108 valence electrons. The van der Waals surface area contributed by atoms with E-state index >= 15 is 0 Å². The highest BCUT2D eigenvalue weighted by atomic mass is 32.1. The highest BCUT2D eigenvalue weighted by molar-refractivity contribution is 7.80. The Labute approximate surface area is 123 Å². The Morgan fingerprint density at radius 3 is 2.70 bits per heavy atom. The number of pyridine rings is 1. The van der Waals surface area contributed by atoms with Gasteiger partial charge in [-0.2, -0.15) is 0 Å². The van der Waals surface area contributed by atoms with Crippen LogP contribution in [0.3, 0.4) is 0 Å². The minimum Gasteiger partial charge on any atom is -0.391 e. The fraction of sp³-hybridized carbons (Fsp3) is 0.500. The summed E-state index contributed by atoms with van der Waals surface area (Å²) in [5.74, 6) is 0.312. The summed E-state index contributed by atoms with van der Waals surface area (Å²) in [5, 5.41) is 2.94. The molecule has 0 unspecified atom stereocenters. The first-order valence-electron chi connectivity index (χ1n) is 6.74. The topological polar surface area (TPSA) is 88.0 Å². The van der Waals surface area contributed by atoms with Crippen molar-refractivity contribution in [2.75, 3.05) is 0 Å². The fourth-order valence-corrected chi connectivity index (χ4v) is 2.82. The Bertz CT molecular complexity index is 574. The minimum atomic E-state index is -0.623. The first-order valence-corrected chi connectivity index (χ1v) is 7.15. The van der Waals surface area contributed by atoms with Crippen LogP contribution in [0.1, 0.15) is 43.0 Å². The Balaban J connectivity index is 2.19. The monoisotopic (exact) mass is 293 g/mol. The van der Waals surface area contributed by atoms with E-state index in [9.17, 15) is 9.59 Å². The van der Waals surface area contributed by atoms with Gasteiger partial charge in [0, 0.05) is 17.8 Å². The van der Waals surface area contributed by atoms with Gasteiger partial charge in [-0.3, -0.25) is 9.59 Å². The predicted octanol–water partition coefficient (Wildman–Crippen LogP) is 1.34. The number of nitrogens with one attached hydrogen (secondary N) is 2. The number of carbonyl (C=O) groups is 1. The van der Waals surface area contributed by atoms with E-state index in [0.29, 0.717) is 16.5 Å². The lowest BCUT2D eigenvalue weighted by atomic mass is 9.77.